The van der Waals surface area contributed by atoms with E-state index < -0.39 is 16.1 Å². The van der Waals surface area contributed by atoms with Crippen molar-refractivity contribution in [2.24, 2.45) is 5.92 Å². The zero-order chi connectivity index (χ0) is 22.7. The smallest absolute Gasteiger partial charge is 0.333 e. The minimum Gasteiger partial charge on any atom is -0.447 e. The topological polar surface area (TPSA) is 91.7 Å². The number of fused-ring (bicyclic) bond motifs is 3. The molecule has 1 saturated heterocycles. The number of nitrogens with zero attached hydrogens (tertiary/aromatic N) is 1. The zero-order valence-corrected chi connectivity index (χ0v) is 19.8. The van der Waals surface area contributed by atoms with Gasteiger partial charge in [-0.05, 0) is 86.6 Å². The third kappa shape index (κ3) is 3.87. The molecule has 0 spiro atoms. The van der Waals surface area contributed by atoms with E-state index in [-0.39, 0.29) is 11.0 Å². The van der Waals surface area contributed by atoms with Crippen LogP contribution in [0.3, 0.4) is 0 Å². The van der Waals surface area contributed by atoms with Gasteiger partial charge in [-0.2, -0.15) is 8.42 Å². The van der Waals surface area contributed by atoms with Crippen molar-refractivity contribution in [2.75, 3.05) is 18.4 Å². The molecule has 2 bridgehead atoms. The lowest BCUT2D eigenvalue weighted by Gasteiger charge is -2.26. The molecule has 0 unspecified atom stereocenters. The van der Waals surface area contributed by atoms with Crippen molar-refractivity contribution in [3.63, 3.8) is 0 Å². The molecule has 2 N–H and O–H groups in total. The summed E-state index contributed by atoms with van der Waals surface area (Å²) in [5.41, 5.74) is 5.25. The summed E-state index contributed by atoms with van der Waals surface area (Å²) in [5.74, 6) is 2.02. The highest BCUT2D eigenvalue weighted by Gasteiger charge is 2.35. The fourth-order valence-corrected chi connectivity index (χ4v) is 6.88. The molecular formula is C25H31N3O4S. The largest absolute Gasteiger partial charge is 0.447 e. The van der Waals surface area contributed by atoms with Gasteiger partial charge in [0.2, 0.25) is 5.09 Å². The van der Waals surface area contributed by atoms with Crippen LogP contribution < -0.4 is 10.0 Å². The van der Waals surface area contributed by atoms with Crippen LogP contribution >= 0.6 is 0 Å². The Morgan fingerprint density at radius 1 is 1.12 bits per heavy atom. The molecule has 5 aliphatic rings. The minimum atomic E-state index is -4.10. The molecule has 2 aliphatic carbocycles. The van der Waals surface area contributed by atoms with E-state index in [1.54, 1.807) is 6.07 Å². The van der Waals surface area contributed by atoms with E-state index >= 15 is 0 Å². The summed E-state index contributed by atoms with van der Waals surface area (Å²) in [6.07, 6.45) is 7.34. The van der Waals surface area contributed by atoms with E-state index in [4.69, 9.17) is 4.42 Å². The number of sulfonamides is 1. The van der Waals surface area contributed by atoms with Crippen LogP contribution in [0.2, 0.25) is 0 Å². The van der Waals surface area contributed by atoms with E-state index in [0.29, 0.717) is 18.4 Å². The number of hydrogen-bond donors (Lipinski definition) is 2. The monoisotopic (exact) mass is 469 g/mol. The van der Waals surface area contributed by atoms with Gasteiger partial charge in [0.15, 0.2) is 0 Å². The fourth-order valence-electron chi connectivity index (χ4n) is 5.99. The normalized spacial score (nSPS) is 24.6. The molecule has 176 valence electrons. The molecule has 1 saturated carbocycles. The first-order valence-corrected chi connectivity index (χ1v) is 13.7. The summed E-state index contributed by atoms with van der Waals surface area (Å²) in [4.78, 5) is 15.3. The third-order valence-corrected chi connectivity index (χ3v) is 9.22. The van der Waals surface area contributed by atoms with Crippen molar-refractivity contribution in [1.29, 1.82) is 0 Å². The highest BCUT2D eigenvalue weighted by Crippen LogP contribution is 2.46. The predicted molar refractivity (Wildman–Crippen MR) is 125 cm³/mol. The Balaban J connectivity index is 1.24. The number of urea groups is 1. The Bertz CT molecular complexity index is 1210. The van der Waals surface area contributed by atoms with Gasteiger partial charge in [-0.15, -0.1) is 0 Å². The number of rotatable bonds is 5. The molecule has 3 aliphatic heterocycles. The number of benzene rings is 1. The molecule has 2 amide bonds. The van der Waals surface area contributed by atoms with Gasteiger partial charge >= 0.3 is 6.03 Å². The number of hydrogen-bond acceptors (Lipinski definition) is 5. The van der Waals surface area contributed by atoms with Crippen LogP contribution in [0.15, 0.2) is 27.7 Å². The maximum absolute atomic E-state index is 13.0. The molecule has 33 heavy (non-hydrogen) atoms. The number of anilines is 1. The number of nitrogens with one attached hydrogen (secondary N) is 2. The average molecular weight is 470 g/mol. The number of carbonyl (C=O) groups excluding carboxylic acids is 1. The second kappa shape index (κ2) is 7.87. The van der Waals surface area contributed by atoms with Gasteiger partial charge in [0.05, 0.1) is 0 Å². The number of amides is 2. The molecule has 2 fully saturated rings. The maximum Gasteiger partial charge on any atom is 0.333 e. The summed E-state index contributed by atoms with van der Waals surface area (Å²) in [6.45, 7) is 4.94. The standard InChI is InChI=1S/C25H31N3O4S/c1-15(16-5-6-16)20-8-7-17-3-2-4-21(17)23(20)26-25(29)27-33(30,31)22-13-19-14-28-11-9-18(10-12-28)24(19)32-22/h7-8,13,15-16,18H,2-6,9-12,14H2,1H3,(H2,26,27,29)/t15-/m1/s1. The van der Waals surface area contributed by atoms with Gasteiger partial charge in [0, 0.05) is 29.8 Å². The Hall–Kier alpha value is -2.32. The molecule has 2 aromatic rings. The maximum atomic E-state index is 13.0. The first-order valence-electron chi connectivity index (χ1n) is 12.2. The van der Waals surface area contributed by atoms with Crippen LogP contribution in [-0.4, -0.2) is 32.4 Å². The highest BCUT2D eigenvalue weighted by molar-refractivity contribution is 7.89. The van der Waals surface area contributed by atoms with Gasteiger partial charge in [-0.3, -0.25) is 4.90 Å². The van der Waals surface area contributed by atoms with Gasteiger partial charge < -0.3 is 9.73 Å². The van der Waals surface area contributed by atoms with Gasteiger partial charge in [0.25, 0.3) is 10.0 Å². The number of piperidine rings is 1. The van der Waals surface area contributed by atoms with Crippen LogP contribution in [-0.2, 0) is 29.4 Å². The highest BCUT2D eigenvalue weighted by atomic mass is 32.2. The number of aryl methyl sites for hydroxylation is 1. The van der Waals surface area contributed by atoms with Gasteiger partial charge in [-0.25, -0.2) is 9.52 Å². The molecule has 4 heterocycles. The Kier molecular flexibility index (Phi) is 5.07. The molecule has 1 atom stereocenters. The summed E-state index contributed by atoms with van der Waals surface area (Å²) in [5, 5.41) is 2.75. The van der Waals surface area contributed by atoms with E-state index in [0.717, 1.165) is 73.3 Å². The summed E-state index contributed by atoms with van der Waals surface area (Å²) in [7, 11) is -4.10. The lowest BCUT2D eigenvalue weighted by atomic mass is 9.91. The fraction of sp³-hybridized carbons (Fsp3) is 0.560. The molecule has 1 aromatic carbocycles. The molecular weight excluding hydrogens is 438 g/mol. The predicted octanol–water partition coefficient (Wildman–Crippen LogP) is 4.49. The number of furan rings is 1. The number of carbonyl (C=O) groups is 1. The van der Waals surface area contributed by atoms with Crippen LogP contribution in [0.25, 0.3) is 0 Å². The van der Waals surface area contributed by atoms with Crippen LogP contribution in [0.4, 0.5) is 10.5 Å². The Morgan fingerprint density at radius 2 is 1.91 bits per heavy atom. The first kappa shape index (κ1) is 21.2. The molecule has 7 nitrogen and oxygen atoms in total. The van der Waals surface area contributed by atoms with Crippen molar-refractivity contribution < 1.29 is 17.6 Å². The van der Waals surface area contributed by atoms with Crippen molar-refractivity contribution in [3.8, 4) is 0 Å². The average Bonchev–Trinajstić information content (AvgIpc) is 3.46. The third-order valence-electron chi connectivity index (χ3n) is 8.04. The summed E-state index contributed by atoms with van der Waals surface area (Å²) < 4.78 is 34.1. The van der Waals surface area contributed by atoms with Crippen molar-refractivity contribution in [2.45, 2.75) is 75.3 Å². The van der Waals surface area contributed by atoms with Crippen molar-refractivity contribution in [1.82, 2.24) is 9.62 Å². The SMILES string of the molecule is C[C@@H](c1ccc2c(c1NC(=O)NS(=O)(=O)c1cc3c(o1)C1CCN(CC1)C3)CCC2)C1CC1. The molecule has 7 rings (SSSR count). The van der Waals surface area contributed by atoms with E-state index in [9.17, 15) is 13.2 Å². The first-order chi connectivity index (χ1) is 15.9. The zero-order valence-electron chi connectivity index (χ0n) is 19.0. The van der Waals surface area contributed by atoms with E-state index in [1.165, 1.54) is 18.4 Å². The second-order valence-corrected chi connectivity index (χ2v) is 11.8. The second-order valence-electron chi connectivity index (χ2n) is 10.2. The lowest BCUT2D eigenvalue weighted by molar-refractivity contribution is 0.212. The van der Waals surface area contributed by atoms with E-state index in [1.807, 2.05) is 0 Å². The van der Waals surface area contributed by atoms with Gasteiger partial charge in [0.1, 0.15) is 5.76 Å². The lowest BCUT2D eigenvalue weighted by Crippen LogP contribution is -2.35. The Morgan fingerprint density at radius 3 is 2.67 bits per heavy atom. The summed E-state index contributed by atoms with van der Waals surface area (Å²) >= 11 is 0. The molecule has 8 heteroatoms. The van der Waals surface area contributed by atoms with Crippen LogP contribution in [0, 0.1) is 5.92 Å². The minimum absolute atomic E-state index is 0.165. The quantitative estimate of drug-likeness (QED) is 0.673. The van der Waals surface area contributed by atoms with Crippen LogP contribution in [0.1, 0.15) is 78.9 Å². The van der Waals surface area contributed by atoms with Crippen molar-refractivity contribution >= 4 is 21.7 Å². The summed E-state index contributed by atoms with van der Waals surface area (Å²) in [6, 6.07) is 5.17. The van der Waals surface area contributed by atoms with Crippen molar-refractivity contribution in [3.05, 3.63) is 46.2 Å². The molecule has 0 radical (unpaired) electrons. The van der Waals surface area contributed by atoms with Crippen LogP contribution in [0.5, 0.6) is 0 Å². The molecule has 1 aromatic heterocycles. The van der Waals surface area contributed by atoms with Gasteiger partial charge in [-0.1, -0.05) is 19.1 Å². The van der Waals surface area contributed by atoms with E-state index in [2.05, 4.69) is 34.0 Å². The Labute approximate surface area is 195 Å².